The van der Waals surface area contributed by atoms with Gasteiger partial charge in [-0.1, -0.05) is 0 Å². The predicted octanol–water partition coefficient (Wildman–Crippen LogP) is 0.312. The molecule has 0 aliphatic carbocycles. The van der Waals surface area contributed by atoms with Crippen molar-refractivity contribution in [2.24, 2.45) is 5.92 Å². The van der Waals surface area contributed by atoms with Crippen LogP contribution < -0.4 is 5.56 Å². The molecule has 18 heavy (non-hydrogen) atoms. The van der Waals surface area contributed by atoms with Crippen LogP contribution >= 0.6 is 0 Å². The average Bonchev–Trinajstić information content (AvgIpc) is 2.38. The second-order valence-electron chi connectivity index (χ2n) is 4.34. The second-order valence-corrected chi connectivity index (χ2v) is 4.34. The number of piperidine rings is 1. The minimum absolute atomic E-state index is 0.0588. The van der Waals surface area contributed by atoms with Gasteiger partial charge in [0.05, 0.1) is 5.92 Å². The van der Waals surface area contributed by atoms with E-state index in [0.29, 0.717) is 19.4 Å². The first-order valence-electron chi connectivity index (χ1n) is 5.79. The highest BCUT2D eigenvalue weighted by Gasteiger charge is 2.29. The molecule has 0 unspecified atom stereocenters. The molecule has 1 aliphatic heterocycles. The Hall–Kier alpha value is -2.11. The number of aromatic nitrogens is 1. The molecule has 0 saturated carbocycles. The van der Waals surface area contributed by atoms with Gasteiger partial charge in [0.1, 0.15) is 5.56 Å². The number of carbonyl (C=O) groups excluding carboxylic acids is 1. The molecular weight excluding hydrogens is 236 g/mol. The van der Waals surface area contributed by atoms with E-state index in [1.54, 1.807) is 6.07 Å². The van der Waals surface area contributed by atoms with Crippen molar-refractivity contribution in [3.8, 4) is 0 Å². The van der Waals surface area contributed by atoms with E-state index >= 15 is 0 Å². The molecule has 6 nitrogen and oxygen atoms in total. The normalized spacial score (nSPS) is 19.6. The van der Waals surface area contributed by atoms with E-state index in [-0.39, 0.29) is 12.1 Å². The number of carbonyl (C=O) groups is 2. The van der Waals surface area contributed by atoms with Crippen LogP contribution in [0.1, 0.15) is 23.2 Å². The van der Waals surface area contributed by atoms with Gasteiger partial charge >= 0.3 is 5.97 Å². The number of hydrogen-bond donors (Lipinski definition) is 2. The lowest BCUT2D eigenvalue weighted by Gasteiger charge is -2.30. The Morgan fingerprint density at radius 2 is 2.22 bits per heavy atom. The number of hydrogen-bond acceptors (Lipinski definition) is 3. The van der Waals surface area contributed by atoms with Gasteiger partial charge in [0.15, 0.2) is 0 Å². The molecule has 2 rings (SSSR count). The van der Waals surface area contributed by atoms with Crippen LogP contribution in [-0.2, 0) is 4.79 Å². The van der Waals surface area contributed by atoms with Gasteiger partial charge in [-0.3, -0.25) is 14.4 Å². The molecule has 0 aromatic carbocycles. The van der Waals surface area contributed by atoms with Crippen molar-refractivity contribution in [3.05, 3.63) is 34.2 Å². The zero-order chi connectivity index (χ0) is 13.1. The Kier molecular flexibility index (Phi) is 3.45. The van der Waals surface area contributed by atoms with Gasteiger partial charge in [-0.05, 0) is 25.0 Å². The summed E-state index contributed by atoms with van der Waals surface area (Å²) in [5.41, 5.74) is -0.386. The number of aromatic amines is 1. The third-order valence-electron chi connectivity index (χ3n) is 3.11. The summed E-state index contributed by atoms with van der Waals surface area (Å²) in [5.74, 6) is -1.83. The number of nitrogens with one attached hydrogen (secondary N) is 1. The second kappa shape index (κ2) is 5.03. The van der Waals surface area contributed by atoms with Gasteiger partial charge in [0.2, 0.25) is 0 Å². The minimum atomic E-state index is -0.894. The van der Waals surface area contributed by atoms with E-state index in [4.69, 9.17) is 5.11 Å². The van der Waals surface area contributed by atoms with E-state index in [9.17, 15) is 14.4 Å². The molecule has 0 bridgehead atoms. The summed E-state index contributed by atoms with van der Waals surface area (Å²) >= 11 is 0. The van der Waals surface area contributed by atoms with Gasteiger partial charge in [-0.25, -0.2) is 0 Å². The first-order valence-corrected chi connectivity index (χ1v) is 5.79. The molecule has 96 valence electrons. The van der Waals surface area contributed by atoms with Gasteiger partial charge in [0.25, 0.3) is 11.5 Å². The number of nitrogens with zero attached hydrogens (tertiary/aromatic N) is 1. The van der Waals surface area contributed by atoms with Gasteiger partial charge < -0.3 is 15.0 Å². The smallest absolute Gasteiger partial charge is 0.308 e. The van der Waals surface area contributed by atoms with E-state index in [1.165, 1.54) is 17.2 Å². The Morgan fingerprint density at radius 3 is 2.89 bits per heavy atom. The average molecular weight is 250 g/mol. The molecule has 1 aliphatic rings. The van der Waals surface area contributed by atoms with Gasteiger partial charge in [0, 0.05) is 19.3 Å². The molecule has 0 spiro atoms. The van der Waals surface area contributed by atoms with Crippen molar-refractivity contribution in [1.82, 2.24) is 9.88 Å². The molecule has 2 heterocycles. The third-order valence-corrected chi connectivity index (χ3v) is 3.11. The molecule has 0 radical (unpaired) electrons. The summed E-state index contributed by atoms with van der Waals surface area (Å²) in [5, 5.41) is 8.96. The molecule has 1 fully saturated rings. The lowest BCUT2D eigenvalue weighted by Crippen LogP contribution is -2.43. The lowest BCUT2D eigenvalue weighted by molar-refractivity contribution is -0.143. The maximum Gasteiger partial charge on any atom is 0.308 e. The summed E-state index contributed by atoms with van der Waals surface area (Å²) in [6, 6.07) is 3.03. The van der Waals surface area contributed by atoms with Crippen molar-refractivity contribution in [1.29, 1.82) is 0 Å². The first-order chi connectivity index (χ1) is 8.59. The van der Waals surface area contributed by atoms with Gasteiger partial charge in [-0.15, -0.1) is 0 Å². The van der Waals surface area contributed by atoms with E-state index in [2.05, 4.69) is 4.98 Å². The quantitative estimate of drug-likeness (QED) is 0.790. The number of rotatable bonds is 2. The minimum Gasteiger partial charge on any atom is -0.481 e. The standard InChI is InChI=1S/C12H14N2O4/c15-10-9(4-1-5-13-10)11(16)14-6-2-3-8(7-14)12(17)18/h1,4-5,8H,2-3,6-7H2,(H,13,15)(H,17,18)/t8-/m0/s1. The monoisotopic (exact) mass is 250 g/mol. The van der Waals surface area contributed by atoms with Crippen LogP contribution in [0.15, 0.2) is 23.1 Å². The van der Waals surface area contributed by atoms with Gasteiger partial charge in [-0.2, -0.15) is 0 Å². The zero-order valence-corrected chi connectivity index (χ0v) is 9.76. The topological polar surface area (TPSA) is 90.5 Å². The van der Waals surface area contributed by atoms with Crippen LogP contribution in [-0.4, -0.2) is 40.0 Å². The largest absolute Gasteiger partial charge is 0.481 e. The number of likely N-dealkylation sites (tertiary alicyclic amines) is 1. The Morgan fingerprint density at radius 1 is 1.44 bits per heavy atom. The fraction of sp³-hybridized carbons (Fsp3) is 0.417. The van der Waals surface area contributed by atoms with E-state index < -0.39 is 23.4 Å². The fourth-order valence-corrected chi connectivity index (χ4v) is 2.12. The van der Waals surface area contributed by atoms with Crippen LogP contribution in [0.3, 0.4) is 0 Å². The summed E-state index contributed by atoms with van der Waals surface area (Å²) in [4.78, 5) is 38.4. The van der Waals surface area contributed by atoms with Crippen LogP contribution in [0.5, 0.6) is 0 Å². The van der Waals surface area contributed by atoms with E-state index in [0.717, 1.165) is 0 Å². The van der Waals surface area contributed by atoms with Crippen molar-refractivity contribution < 1.29 is 14.7 Å². The number of amides is 1. The first kappa shape index (κ1) is 12.3. The molecule has 1 aromatic rings. The Labute approximate surface area is 103 Å². The van der Waals surface area contributed by atoms with Crippen LogP contribution in [0.4, 0.5) is 0 Å². The third kappa shape index (κ3) is 2.42. The molecule has 1 saturated heterocycles. The van der Waals surface area contributed by atoms with Crippen molar-refractivity contribution in [2.45, 2.75) is 12.8 Å². The molecule has 1 atom stereocenters. The summed E-state index contributed by atoms with van der Waals surface area (Å²) in [7, 11) is 0. The maximum absolute atomic E-state index is 12.1. The number of pyridine rings is 1. The molecule has 1 amide bonds. The highest BCUT2D eigenvalue weighted by atomic mass is 16.4. The van der Waals surface area contributed by atoms with Crippen molar-refractivity contribution in [3.63, 3.8) is 0 Å². The number of H-pyrrole nitrogens is 1. The molecular formula is C12H14N2O4. The maximum atomic E-state index is 12.1. The molecule has 6 heteroatoms. The van der Waals surface area contributed by atoms with E-state index in [1.807, 2.05) is 0 Å². The van der Waals surface area contributed by atoms with Crippen molar-refractivity contribution in [2.75, 3.05) is 13.1 Å². The summed E-state index contributed by atoms with van der Waals surface area (Å²) in [6.07, 6.45) is 2.67. The highest BCUT2D eigenvalue weighted by Crippen LogP contribution is 2.17. The molecule has 2 N–H and O–H groups in total. The van der Waals surface area contributed by atoms with Crippen LogP contribution in [0.2, 0.25) is 0 Å². The summed E-state index contributed by atoms with van der Waals surface area (Å²) in [6.45, 7) is 0.666. The van der Waals surface area contributed by atoms with Crippen LogP contribution in [0.25, 0.3) is 0 Å². The van der Waals surface area contributed by atoms with Crippen LogP contribution in [0, 0.1) is 5.92 Å². The Balaban J connectivity index is 2.17. The number of carboxylic acid groups (broad SMARTS) is 1. The number of carboxylic acids is 1. The fourth-order valence-electron chi connectivity index (χ4n) is 2.12. The SMILES string of the molecule is O=C(O)[C@H]1CCCN(C(=O)c2ccc[nH]c2=O)C1. The lowest BCUT2D eigenvalue weighted by atomic mass is 9.98. The summed E-state index contributed by atoms with van der Waals surface area (Å²) < 4.78 is 0. The highest BCUT2D eigenvalue weighted by molar-refractivity contribution is 5.94. The number of aliphatic carboxylic acids is 1. The predicted molar refractivity (Wildman–Crippen MR) is 63.3 cm³/mol. The Bertz CT molecular complexity index is 523. The zero-order valence-electron chi connectivity index (χ0n) is 9.76. The molecule has 1 aromatic heterocycles. The van der Waals surface area contributed by atoms with Crippen molar-refractivity contribution >= 4 is 11.9 Å².